The van der Waals surface area contributed by atoms with Gasteiger partial charge < -0.3 is 19.7 Å². The molecule has 23 heavy (non-hydrogen) atoms. The minimum atomic E-state index is -1.31. The smallest absolute Gasteiger partial charge is 0.270 e. The predicted octanol–water partition coefficient (Wildman–Crippen LogP) is 0.937. The predicted molar refractivity (Wildman–Crippen MR) is 87.1 cm³/mol. The number of nitriles is 1. The number of benzene rings is 1. The Labute approximate surface area is 133 Å². The maximum atomic E-state index is 12.5. The molecule has 2 heterocycles. The maximum absolute atomic E-state index is 12.5. The molecule has 1 aliphatic heterocycles. The molecule has 0 radical (unpaired) electrons. The highest BCUT2D eigenvalue weighted by molar-refractivity contribution is 5.94. The van der Waals surface area contributed by atoms with Crippen LogP contribution in [0.2, 0.25) is 0 Å². The van der Waals surface area contributed by atoms with Crippen molar-refractivity contribution in [2.24, 2.45) is 13.0 Å². The molecule has 1 aromatic carbocycles. The molecule has 1 aromatic heterocycles. The van der Waals surface area contributed by atoms with Gasteiger partial charge in [-0.05, 0) is 18.9 Å². The molecule has 3 rings (SSSR count). The molecule has 0 atom stereocenters. The van der Waals surface area contributed by atoms with Gasteiger partial charge in [0.05, 0.1) is 11.2 Å². The summed E-state index contributed by atoms with van der Waals surface area (Å²) in [5.41, 5.74) is 1.30. The van der Waals surface area contributed by atoms with Crippen LogP contribution in [-0.4, -0.2) is 34.2 Å². The Hall–Kier alpha value is -2.36. The fraction of sp³-hybridized carbons (Fsp3) is 0.412. The number of aliphatic hydroxyl groups excluding tert-OH is 1. The zero-order valence-electron chi connectivity index (χ0n) is 12.9. The van der Waals surface area contributed by atoms with Crippen LogP contribution in [-0.2, 0) is 7.05 Å². The number of para-hydroxylation sites is 1. The van der Waals surface area contributed by atoms with Crippen LogP contribution in [0.15, 0.2) is 29.1 Å². The molecule has 2 aromatic rings. The van der Waals surface area contributed by atoms with E-state index < -0.39 is 6.29 Å². The summed E-state index contributed by atoms with van der Waals surface area (Å²) in [5, 5.41) is 29.0. The van der Waals surface area contributed by atoms with Crippen molar-refractivity contribution < 1.29 is 10.2 Å². The highest BCUT2D eigenvalue weighted by atomic mass is 16.5. The lowest BCUT2D eigenvalue weighted by Crippen LogP contribution is -2.39. The molecule has 0 bridgehead atoms. The normalized spacial score (nSPS) is 16.0. The van der Waals surface area contributed by atoms with E-state index in [1.165, 1.54) is 4.57 Å². The second-order valence-electron chi connectivity index (χ2n) is 5.95. The Morgan fingerprint density at radius 3 is 2.52 bits per heavy atom. The lowest BCUT2D eigenvalue weighted by Gasteiger charge is -2.35. The van der Waals surface area contributed by atoms with Gasteiger partial charge in [0.1, 0.15) is 11.6 Å². The minimum Gasteiger partial charge on any atom is -0.370 e. The zero-order chi connectivity index (χ0) is 16.6. The topological polar surface area (TPSA) is 89.5 Å². The van der Waals surface area contributed by atoms with Gasteiger partial charge in [0.2, 0.25) is 0 Å². The number of aliphatic hydroxyl groups is 2. The molecule has 0 amide bonds. The number of pyridine rings is 1. The van der Waals surface area contributed by atoms with Crippen molar-refractivity contribution in [2.75, 3.05) is 18.0 Å². The van der Waals surface area contributed by atoms with Crippen LogP contribution in [0, 0.1) is 17.2 Å². The summed E-state index contributed by atoms with van der Waals surface area (Å²) in [4.78, 5) is 14.5. The van der Waals surface area contributed by atoms with Gasteiger partial charge >= 0.3 is 0 Å². The first kappa shape index (κ1) is 15.5. The standard InChI is InChI=1S/C17H19N3O3/c1-19-14-5-3-2-4-12(14)15(13(10-18)16(19)21)20-8-6-11(7-9-20)17(22)23/h2-5,11,17,22-23H,6-9H2,1H3. The molecule has 2 N–H and O–H groups in total. The molecule has 0 aliphatic carbocycles. The van der Waals surface area contributed by atoms with Gasteiger partial charge in [-0.3, -0.25) is 4.79 Å². The van der Waals surface area contributed by atoms with E-state index in [9.17, 15) is 20.3 Å². The van der Waals surface area contributed by atoms with E-state index in [0.717, 1.165) is 10.9 Å². The van der Waals surface area contributed by atoms with Crippen molar-refractivity contribution in [1.82, 2.24) is 4.57 Å². The summed E-state index contributed by atoms with van der Waals surface area (Å²) in [6, 6.07) is 9.59. The van der Waals surface area contributed by atoms with Gasteiger partial charge in [-0.1, -0.05) is 18.2 Å². The quantitative estimate of drug-likeness (QED) is 0.805. The van der Waals surface area contributed by atoms with E-state index in [2.05, 4.69) is 6.07 Å². The van der Waals surface area contributed by atoms with E-state index in [1.54, 1.807) is 7.05 Å². The van der Waals surface area contributed by atoms with E-state index in [4.69, 9.17) is 0 Å². The Bertz CT molecular complexity index is 827. The molecule has 0 saturated carbocycles. The molecular weight excluding hydrogens is 294 g/mol. The molecular formula is C17H19N3O3. The third-order valence-corrected chi connectivity index (χ3v) is 4.67. The Kier molecular flexibility index (Phi) is 4.07. The molecule has 6 nitrogen and oxygen atoms in total. The maximum Gasteiger partial charge on any atom is 0.270 e. The van der Waals surface area contributed by atoms with Gasteiger partial charge in [-0.2, -0.15) is 5.26 Å². The van der Waals surface area contributed by atoms with Gasteiger partial charge in [0, 0.05) is 31.4 Å². The van der Waals surface area contributed by atoms with Crippen LogP contribution < -0.4 is 10.5 Å². The van der Waals surface area contributed by atoms with E-state index in [-0.39, 0.29) is 17.0 Å². The Balaban J connectivity index is 2.13. The first-order valence-electron chi connectivity index (χ1n) is 7.67. The third kappa shape index (κ3) is 2.58. The average molecular weight is 313 g/mol. The molecule has 120 valence electrons. The lowest BCUT2D eigenvalue weighted by atomic mass is 9.95. The molecule has 1 fully saturated rings. The summed E-state index contributed by atoms with van der Waals surface area (Å²) in [6.45, 7) is 1.18. The summed E-state index contributed by atoms with van der Waals surface area (Å²) < 4.78 is 1.50. The van der Waals surface area contributed by atoms with Gasteiger partial charge in [0.15, 0.2) is 6.29 Å². The number of anilines is 1. The lowest BCUT2D eigenvalue weighted by molar-refractivity contribution is -0.0893. The summed E-state index contributed by atoms with van der Waals surface area (Å²) in [6.07, 6.45) is -0.0778. The molecule has 1 saturated heterocycles. The molecule has 0 spiro atoms. The van der Waals surface area contributed by atoms with Crippen molar-refractivity contribution in [3.63, 3.8) is 0 Å². The van der Waals surface area contributed by atoms with Crippen molar-refractivity contribution in [3.8, 4) is 6.07 Å². The summed E-state index contributed by atoms with van der Waals surface area (Å²) in [5.74, 6) is -0.158. The first-order chi connectivity index (χ1) is 11.0. The fourth-order valence-corrected chi connectivity index (χ4v) is 3.33. The average Bonchev–Trinajstić information content (AvgIpc) is 2.58. The minimum absolute atomic E-state index is 0.147. The monoisotopic (exact) mass is 313 g/mol. The van der Waals surface area contributed by atoms with E-state index in [0.29, 0.717) is 31.6 Å². The van der Waals surface area contributed by atoms with Crippen molar-refractivity contribution in [3.05, 3.63) is 40.2 Å². The highest BCUT2D eigenvalue weighted by Gasteiger charge is 2.27. The van der Waals surface area contributed by atoms with Crippen molar-refractivity contribution in [1.29, 1.82) is 5.26 Å². The van der Waals surface area contributed by atoms with Crippen molar-refractivity contribution >= 4 is 16.6 Å². The largest absolute Gasteiger partial charge is 0.370 e. The van der Waals surface area contributed by atoms with E-state index >= 15 is 0 Å². The summed E-state index contributed by atoms with van der Waals surface area (Å²) >= 11 is 0. The SMILES string of the molecule is Cn1c(=O)c(C#N)c(N2CCC(C(O)O)CC2)c2ccccc21. The van der Waals surface area contributed by atoms with E-state index in [1.807, 2.05) is 29.2 Å². The van der Waals surface area contributed by atoms with Crippen LogP contribution in [0.4, 0.5) is 5.69 Å². The highest BCUT2D eigenvalue weighted by Crippen LogP contribution is 2.32. The number of aromatic nitrogens is 1. The third-order valence-electron chi connectivity index (χ3n) is 4.67. The molecule has 0 unspecified atom stereocenters. The van der Waals surface area contributed by atoms with Crippen LogP contribution in [0.25, 0.3) is 10.9 Å². The zero-order valence-corrected chi connectivity index (χ0v) is 12.9. The number of fused-ring (bicyclic) bond motifs is 1. The molecule has 6 heteroatoms. The van der Waals surface area contributed by atoms with Gasteiger partial charge in [-0.25, -0.2) is 0 Å². The number of hydrogen-bond acceptors (Lipinski definition) is 5. The fourth-order valence-electron chi connectivity index (χ4n) is 3.33. The second kappa shape index (κ2) is 6.03. The van der Waals surface area contributed by atoms with Crippen LogP contribution in [0.1, 0.15) is 18.4 Å². The van der Waals surface area contributed by atoms with Crippen LogP contribution >= 0.6 is 0 Å². The number of nitrogens with zero attached hydrogens (tertiary/aromatic N) is 3. The Morgan fingerprint density at radius 2 is 1.91 bits per heavy atom. The molecule has 1 aliphatic rings. The first-order valence-corrected chi connectivity index (χ1v) is 7.67. The van der Waals surface area contributed by atoms with Gasteiger partial charge in [0.25, 0.3) is 5.56 Å². The van der Waals surface area contributed by atoms with Crippen molar-refractivity contribution in [2.45, 2.75) is 19.1 Å². The summed E-state index contributed by atoms with van der Waals surface area (Å²) in [7, 11) is 1.67. The Morgan fingerprint density at radius 1 is 1.26 bits per heavy atom. The number of piperidine rings is 1. The van der Waals surface area contributed by atoms with Gasteiger partial charge in [-0.15, -0.1) is 0 Å². The van der Waals surface area contributed by atoms with Crippen LogP contribution in [0.3, 0.4) is 0 Å². The number of hydrogen-bond donors (Lipinski definition) is 2. The second-order valence-corrected chi connectivity index (χ2v) is 5.95. The number of aryl methyl sites for hydroxylation is 1. The number of rotatable bonds is 2. The van der Waals surface area contributed by atoms with Crippen LogP contribution in [0.5, 0.6) is 0 Å².